The minimum Gasteiger partial charge on any atom is -0.337 e. The fourth-order valence-electron chi connectivity index (χ4n) is 2.22. The molecule has 1 aromatic rings. The van der Waals surface area contributed by atoms with Gasteiger partial charge in [-0.1, -0.05) is 11.6 Å². The second-order valence-corrected chi connectivity index (χ2v) is 7.86. The van der Waals surface area contributed by atoms with E-state index < -0.39 is 15.3 Å². The molecule has 0 aromatic heterocycles. The van der Waals surface area contributed by atoms with Crippen LogP contribution in [0.5, 0.6) is 0 Å². The molecule has 1 fully saturated rings. The molecule has 0 radical (unpaired) electrons. The average molecular weight is 382 g/mol. The Labute approximate surface area is 131 Å². The van der Waals surface area contributed by atoms with Gasteiger partial charge in [-0.15, -0.1) is 0 Å². The molecule has 1 atom stereocenters. The van der Waals surface area contributed by atoms with E-state index in [1.54, 1.807) is 18.2 Å². The van der Waals surface area contributed by atoms with Crippen molar-refractivity contribution in [2.45, 2.75) is 18.1 Å². The highest BCUT2D eigenvalue weighted by Crippen LogP contribution is 2.25. The number of primary sulfonamides is 1. The lowest BCUT2D eigenvalue weighted by Gasteiger charge is -2.31. The molecule has 1 heterocycles. The van der Waals surface area contributed by atoms with Crippen molar-refractivity contribution in [3.8, 4) is 0 Å². The Morgan fingerprint density at radius 3 is 2.75 bits per heavy atom. The smallest absolute Gasteiger partial charge is 0.255 e. The van der Waals surface area contributed by atoms with Crippen LogP contribution in [-0.4, -0.2) is 37.6 Å². The van der Waals surface area contributed by atoms with Crippen molar-refractivity contribution >= 4 is 43.5 Å². The first-order valence-corrected chi connectivity index (χ1v) is 8.83. The number of amides is 1. The molecule has 0 bridgehead atoms. The predicted molar refractivity (Wildman–Crippen MR) is 81.2 cm³/mol. The van der Waals surface area contributed by atoms with Gasteiger partial charge in [-0.2, -0.15) is 0 Å². The highest BCUT2D eigenvalue weighted by atomic mass is 79.9. The van der Waals surface area contributed by atoms with E-state index in [1.807, 2.05) is 0 Å². The molecule has 20 heavy (non-hydrogen) atoms. The van der Waals surface area contributed by atoms with Crippen LogP contribution in [-0.2, 0) is 10.0 Å². The normalized spacial score (nSPS) is 19.9. The Kier molecular flexibility index (Phi) is 4.73. The average Bonchev–Trinajstić information content (AvgIpc) is 2.37. The number of hydrogen-bond acceptors (Lipinski definition) is 3. The molecule has 1 saturated heterocycles. The predicted octanol–water partition coefficient (Wildman–Crippen LogP) is 2.00. The lowest BCUT2D eigenvalue weighted by molar-refractivity contribution is 0.0726. The van der Waals surface area contributed by atoms with Crippen molar-refractivity contribution in [2.24, 2.45) is 5.14 Å². The third kappa shape index (κ3) is 3.52. The summed E-state index contributed by atoms with van der Waals surface area (Å²) in [5.74, 6) is -0.220. The minimum atomic E-state index is -3.62. The van der Waals surface area contributed by atoms with E-state index in [0.717, 1.165) is 0 Å². The van der Waals surface area contributed by atoms with Gasteiger partial charge in [0.1, 0.15) is 0 Å². The van der Waals surface area contributed by atoms with E-state index in [2.05, 4.69) is 15.9 Å². The quantitative estimate of drug-likeness (QED) is 0.851. The van der Waals surface area contributed by atoms with Crippen LogP contribution >= 0.6 is 27.5 Å². The van der Waals surface area contributed by atoms with Gasteiger partial charge in [0, 0.05) is 22.6 Å². The molecule has 0 aliphatic carbocycles. The molecule has 2 N–H and O–H groups in total. The zero-order chi connectivity index (χ0) is 14.9. The van der Waals surface area contributed by atoms with E-state index in [-0.39, 0.29) is 12.5 Å². The van der Waals surface area contributed by atoms with Crippen LogP contribution in [0.4, 0.5) is 0 Å². The molecule has 1 aliphatic rings. The molecule has 5 nitrogen and oxygen atoms in total. The number of likely N-dealkylation sites (tertiary alicyclic amines) is 1. The maximum Gasteiger partial charge on any atom is 0.255 e. The highest BCUT2D eigenvalue weighted by Gasteiger charge is 2.31. The minimum absolute atomic E-state index is 0.132. The van der Waals surface area contributed by atoms with Gasteiger partial charge in [-0.3, -0.25) is 4.79 Å². The van der Waals surface area contributed by atoms with E-state index in [1.165, 1.54) is 4.90 Å². The molecule has 1 aromatic carbocycles. The summed E-state index contributed by atoms with van der Waals surface area (Å²) in [4.78, 5) is 13.9. The Morgan fingerprint density at radius 1 is 1.45 bits per heavy atom. The molecule has 1 unspecified atom stereocenters. The summed E-state index contributed by atoms with van der Waals surface area (Å²) < 4.78 is 23.4. The topological polar surface area (TPSA) is 80.5 Å². The van der Waals surface area contributed by atoms with E-state index in [4.69, 9.17) is 16.7 Å². The molecule has 0 saturated carbocycles. The Bertz CT molecular complexity index is 636. The molecular weight excluding hydrogens is 368 g/mol. The molecule has 2 rings (SSSR count). The fourth-order valence-corrected chi connectivity index (χ4v) is 3.96. The zero-order valence-corrected chi connectivity index (χ0v) is 13.7. The summed E-state index contributed by atoms with van der Waals surface area (Å²) in [5.41, 5.74) is 0.462. The van der Waals surface area contributed by atoms with Gasteiger partial charge >= 0.3 is 0 Å². The van der Waals surface area contributed by atoms with Gasteiger partial charge in [0.05, 0.1) is 10.8 Å². The van der Waals surface area contributed by atoms with Crippen LogP contribution in [0.15, 0.2) is 22.7 Å². The third-order valence-electron chi connectivity index (χ3n) is 3.29. The van der Waals surface area contributed by atoms with Gasteiger partial charge in [-0.05, 0) is 47.0 Å². The standard InChI is InChI=1S/C12H14BrClN2O3S/c13-11-6-8(14)3-4-10(11)12(17)16-5-1-2-9(7-16)20(15,18)19/h3-4,6,9H,1-2,5,7H2,(H2,15,18,19). The monoisotopic (exact) mass is 380 g/mol. The second-order valence-electron chi connectivity index (χ2n) is 4.73. The van der Waals surface area contributed by atoms with Gasteiger partial charge in [0.15, 0.2) is 0 Å². The van der Waals surface area contributed by atoms with Crippen molar-refractivity contribution in [1.29, 1.82) is 0 Å². The van der Waals surface area contributed by atoms with Gasteiger partial charge in [-0.25, -0.2) is 13.6 Å². The molecule has 1 amide bonds. The summed E-state index contributed by atoms with van der Waals surface area (Å²) in [6.45, 7) is 0.659. The molecule has 1 aliphatic heterocycles. The van der Waals surface area contributed by atoms with E-state index in [0.29, 0.717) is 34.4 Å². The fraction of sp³-hybridized carbons (Fsp3) is 0.417. The molecule has 110 valence electrons. The SMILES string of the molecule is NS(=O)(=O)C1CCCN(C(=O)c2ccc(Cl)cc2Br)C1. The van der Waals surface area contributed by atoms with Crippen molar-refractivity contribution in [1.82, 2.24) is 4.90 Å². The largest absolute Gasteiger partial charge is 0.337 e. The van der Waals surface area contributed by atoms with E-state index >= 15 is 0 Å². The summed E-state index contributed by atoms with van der Waals surface area (Å²) in [7, 11) is -3.62. The molecular formula is C12H14BrClN2O3S. The van der Waals surface area contributed by atoms with Gasteiger partial charge in [0.2, 0.25) is 10.0 Å². The first kappa shape index (κ1) is 15.8. The molecule has 0 spiro atoms. The summed E-state index contributed by atoms with van der Waals surface area (Å²) >= 11 is 9.13. The van der Waals surface area contributed by atoms with Crippen LogP contribution in [0, 0.1) is 0 Å². The summed E-state index contributed by atoms with van der Waals surface area (Å²) in [6.07, 6.45) is 1.11. The Morgan fingerprint density at radius 2 is 2.15 bits per heavy atom. The number of nitrogens with zero attached hydrogens (tertiary/aromatic N) is 1. The van der Waals surface area contributed by atoms with Crippen LogP contribution < -0.4 is 5.14 Å². The van der Waals surface area contributed by atoms with Crippen molar-refractivity contribution in [3.63, 3.8) is 0 Å². The summed E-state index contributed by atoms with van der Waals surface area (Å²) in [5, 5.41) is 5.00. The summed E-state index contributed by atoms with van der Waals surface area (Å²) in [6, 6.07) is 4.88. The van der Waals surface area contributed by atoms with Crippen LogP contribution in [0.1, 0.15) is 23.2 Å². The Hall–Kier alpha value is -0.630. The maximum absolute atomic E-state index is 12.4. The maximum atomic E-state index is 12.4. The first-order chi connectivity index (χ1) is 9.29. The van der Waals surface area contributed by atoms with Gasteiger partial charge < -0.3 is 4.90 Å². The number of piperidine rings is 1. The highest BCUT2D eigenvalue weighted by molar-refractivity contribution is 9.10. The van der Waals surface area contributed by atoms with Crippen LogP contribution in [0.3, 0.4) is 0 Å². The first-order valence-electron chi connectivity index (χ1n) is 6.05. The number of hydrogen-bond donors (Lipinski definition) is 1. The van der Waals surface area contributed by atoms with Crippen molar-refractivity contribution in [2.75, 3.05) is 13.1 Å². The number of carbonyl (C=O) groups is 1. The number of carbonyl (C=O) groups excluding carboxylic acids is 1. The molecule has 8 heteroatoms. The van der Waals surface area contributed by atoms with Gasteiger partial charge in [0.25, 0.3) is 5.91 Å². The van der Waals surface area contributed by atoms with Crippen LogP contribution in [0.2, 0.25) is 5.02 Å². The second kappa shape index (κ2) is 6.01. The van der Waals surface area contributed by atoms with Crippen LogP contribution in [0.25, 0.3) is 0 Å². The third-order valence-corrected chi connectivity index (χ3v) is 5.50. The number of nitrogens with two attached hydrogens (primary N) is 1. The number of rotatable bonds is 2. The van der Waals surface area contributed by atoms with Crippen molar-refractivity contribution < 1.29 is 13.2 Å². The zero-order valence-electron chi connectivity index (χ0n) is 10.6. The Balaban J connectivity index is 2.21. The number of benzene rings is 1. The lowest BCUT2D eigenvalue weighted by atomic mass is 10.1. The number of sulfonamides is 1. The lowest BCUT2D eigenvalue weighted by Crippen LogP contribution is -2.47. The van der Waals surface area contributed by atoms with E-state index in [9.17, 15) is 13.2 Å². The number of halogens is 2. The van der Waals surface area contributed by atoms with Crippen molar-refractivity contribution in [3.05, 3.63) is 33.3 Å².